The molecule has 0 atom stereocenters. The molecule has 0 aromatic heterocycles. The zero-order valence-corrected chi connectivity index (χ0v) is 8.56. The van der Waals surface area contributed by atoms with Crippen LogP contribution in [0.4, 0.5) is 0 Å². The van der Waals surface area contributed by atoms with Crippen molar-refractivity contribution in [3.8, 4) is 0 Å². The maximum Gasteiger partial charge on any atom is 0.143 e. The fraction of sp³-hybridized carbons (Fsp3) is 0.818. The lowest BCUT2D eigenvalue weighted by Gasteiger charge is -2.26. The summed E-state index contributed by atoms with van der Waals surface area (Å²) in [6, 6.07) is 0. The average molecular weight is 182 g/mol. The summed E-state index contributed by atoms with van der Waals surface area (Å²) in [5.74, 6) is 0.142. The van der Waals surface area contributed by atoms with Crippen LogP contribution < -0.4 is 0 Å². The van der Waals surface area contributed by atoms with Gasteiger partial charge in [-0.2, -0.15) is 0 Å². The highest BCUT2D eigenvalue weighted by Crippen LogP contribution is 2.36. The van der Waals surface area contributed by atoms with Gasteiger partial charge in [-0.15, -0.1) is 0 Å². The number of carbonyl (C=O) groups excluding carboxylic acids is 2. The van der Waals surface area contributed by atoms with Gasteiger partial charge in [-0.25, -0.2) is 0 Å². The SMILES string of the molecule is CC(=O)C1(C(C)=O)CCCCCC1. The van der Waals surface area contributed by atoms with E-state index in [1.807, 2.05) is 0 Å². The van der Waals surface area contributed by atoms with Crippen LogP contribution in [0.25, 0.3) is 0 Å². The van der Waals surface area contributed by atoms with Crippen molar-refractivity contribution in [1.29, 1.82) is 0 Å². The molecule has 0 N–H and O–H groups in total. The van der Waals surface area contributed by atoms with Crippen LogP contribution in [0, 0.1) is 5.41 Å². The monoisotopic (exact) mass is 182 g/mol. The molecule has 1 aliphatic carbocycles. The van der Waals surface area contributed by atoms with Crippen LogP contribution in [0.3, 0.4) is 0 Å². The molecule has 0 saturated heterocycles. The molecule has 0 heterocycles. The molecule has 0 aromatic carbocycles. The fourth-order valence-corrected chi connectivity index (χ4v) is 2.28. The highest BCUT2D eigenvalue weighted by Gasteiger charge is 2.39. The first kappa shape index (κ1) is 10.4. The molecule has 0 radical (unpaired) electrons. The minimum atomic E-state index is -0.615. The second-order valence-corrected chi connectivity index (χ2v) is 4.11. The number of hydrogen-bond donors (Lipinski definition) is 0. The van der Waals surface area contributed by atoms with Gasteiger partial charge in [-0.05, 0) is 26.7 Å². The standard InChI is InChI=1S/C11H18O2/c1-9(12)11(10(2)13)7-5-3-4-6-8-11/h3-8H2,1-2H3. The normalized spacial score (nSPS) is 22.0. The van der Waals surface area contributed by atoms with Crippen molar-refractivity contribution in [2.45, 2.75) is 52.4 Å². The molecule has 74 valence electrons. The predicted octanol–water partition coefficient (Wildman–Crippen LogP) is 2.51. The molecule has 1 fully saturated rings. The first-order valence-corrected chi connectivity index (χ1v) is 5.12. The first-order valence-electron chi connectivity index (χ1n) is 5.12. The van der Waals surface area contributed by atoms with E-state index in [9.17, 15) is 9.59 Å². The third-order valence-electron chi connectivity index (χ3n) is 3.30. The van der Waals surface area contributed by atoms with Gasteiger partial charge in [0.25, 0.3) is 0 Å². The maximum atomic E-state index is 11.5. The van der Waals surface area contributed by atoms with Gasteiger partial charge < -0.3 is 0 Å². The van der Waals surface area contributed by atoms with Crippen molar-refractivity contribution in [2.24, 2.45) is 5.41 Å². The van der Waals surface area contributed by atoms with Crippen molar-refractivity contribution in [3.05, 3.63) is 0 Å². The minimum absolute atomic E-state index is 0.0712. The molecular weight excluding hydrogens is 164 g/mol. The fourth-order valence-electron chi connectivity index (χ4n) is 2.28. The van der Waals surface area contributed by atoms with Crippen LogP contribution in [-0.2, 0) is 9.59 Å². The smallest absolute Gasteiger partial charge is 0.143 e. The van der Waals surface area contributed by atoms with Crippen LogP contribution in [0.2, 0.25) is 0 Å². The molecule has 2 nitrogen and oxygen atoms in total. The van der Waals surface area contributed by atoms with Crippen LogP contribution in [-0.4, -0.2) is 11.6 Å². The largest absolute Gasteiger partial charge is 0.299 e. The van der Waals surface area contributed by atoms with E-state index in [0.29, 0.717) is 0 Å². The van der Waals surface area contributed by atoms with E-state index < -0.39 is 5.41 Å². The summed E-state index contributed by atoms with van der Waals surface area (Å²) in [5, 5.41) is 0. The molecule has 0 aliphatic heterocycles. The zero-order valence-electron chi connectivity index (χ0n) is 8.56. The van der Waals surface area contributed by atoms with Crippen LogP contribution in [0.5, 0.6) is 0 Å². The second-order valence-electron chi connectivity index (χ2n) is 4.11. The lowest BCUT2D eigenvalue weighted by Crippen LogP contribution is -2.35. The summed E-state index contributed by atoms with van der Waals surface area (Å²) < 4.78 is 0. The van der Waals surface area contributed by atoms with Crippen molar-refractivity contribution >= 4 is 11.6 Å². The Morgan fingerprint density at radius 1 is 0.846 bits per heavy atom. The lowest BCUT2D eigenvalue weighted by molar-refractivity contribution is -0.139. The first-order chi connectivity index (χ1) is 6.09. The average Bonchev–Trinajstić information content (AvgIpc) is 2.28. The molecule has 0 spiro atoms. The van der Waals surface area contributed by atoms with Crippen molar-refractivity contribution in [3.63, 3.8) is 0 Å². The number of ketones is 2. The number of hydrogen-bond acceptors (Lipinski definition) is 2. The molecule has 0 amide bonds. The Morgan fingerprint density at radius 2 is 1.23 bits per heavy atom. The summed E-state index contributed by atoms with van der Waals surface area (Å²) in [6.45, 7) is 3.12. The Labute approximate surface area is 79.7 Å². The van der Waals surface area contributed by atoms with Crippen molar-refractivity contribution in [1.82, 2.24) is 0 Å². The third-order valence-corrected chi connectivity index (χ3v) is 3.30. The molecule has 1 aliphatic rings. The highest BCUT2D eigenvalue weighted by atomic mass is 16.2. The molecule has 0 aromatic rings. The quantitative estimate of drug-likeness (QED) is 0.485. The second kappa shape index (κ2) is 4.03. The molecule has 2 heteroatoms. The number of rotatable bonds is 2. The summed E-state index contributed by atoms with van der Waals surface area (Å²) in [6.07, 6.45) is 5.94. The number of Topliss-reactive ketones (excluding diaryl/α,β-unsaturated/α-hetero) is 2. The van der Waals surface area contributed by atoms with Gasteiger partial charge >= 0.3 is 0 Å². The maximum absolute atomic E-state index is 11.5. The van der Waals surface area contributed by atoms with E-state index in [0.717, 1.165) is 25.7 Å². The molecule has 0 bridgehead atoms. The predicted molar refractivity (Wildman–Crippen MR) is 51.5 cm³/mol. The van der Waals surface area contributed by atoms with Gasteiger partial charge in [-0.3, -0.25) is 9.59 Å². The molecule has 1 saturated carbocycles. The zero-order chi connectivity index (χ0) is 9.90. The van der Waals surface area contributed by atoms with Crippen molar-refractivity contribution in [2.75, 3.05) is 0 Å². The van der Waals surface area contributed by atoms with E-state index in [-0.39, 0.29) is 11.6 Å². The van der Waals surface area contributed by atoms with Gasteiger partial charge in [0, 0.05) is 0 Å². The van der Waals surface area contributed by atoms with E-state index >= 15 is 0 Å². The Balaban J connectivity index is 2.86. The minimum Gasteiger partial charge on any atom is -0.299 e. The van der Waals surface area contributed by atoms with Crippen LogP contribution >= 0.6 is 0 Å². The van der Waals surface area contributed by atoms with Gasteiger partial charge in [0.1, 0.15) is 11.6 Å². The van der Waals surface area contributed by atoms with E-state index in [1.54, 1.807) is 13.8 Å². The molecule has 13 heavy (non-hydrogen) atoms. The Kier molecular flexibility index (Phi) is 3.23. The summed E-state index contributed by atoms with van der Waals surface area (Å²) in [7, 11) is 0. The van der Waals surface area contributed by atoms with E-state index in [1.165, 1.54) is 12.8 Å². The van der Waals surface area contributed by atoms with Gasteiger partial charge in [0.2, 0.25) is 0 Å². The highest BCUT2D eigenvalue weighted by molar-refractivity contribution is 6.05. The van der Waals surface area contributed by atoms with Gasteiger partial charge in [-0.1, -0.05) is 25.7 Å². The molecule has 0 unspecified atom stereocenters. The van der Waals surface area contributed by atoms with Crippen LogP contribution in [0.1, 0.15) is 52.4 Å². The number of carbonyl (C=O) groups is 2. The Morgan fingerprint density at radius 3 is 1.54 bits per heavy atom. The van der Waals surface area contributed by atoms with Gasteiger partial charge in [0.15, 0.2) is 0 Å². The van der Waals surface area contributed by atoms with Gasteiger partial charge in [0.05, 0.1) is 5.41 Å². The van der Waals surface area contributed by atoms with E-state index in [4.69, 9.17) is 0 Å². The summed E-state index contributed by atoms with van der Waals surface area (Å²) in [4.78, 5) is 23.0. The molecular formula is C11H18O2. The summed E-state index contributed by atoms with van der Waals surface area (Å²) >= 11 is 0. The third kappa shape index (κ3) is 1.98. The van der Waals surface area contributed by atoms with Crippen LogP contribution in [0.15, 0.2) is 0 Å². The van der Waals surface area contributed by atoms with E-state index in [2.05, 4.69) is 0 Å². The summed E-state index contributed by atoms with van der Waals surface area (Å²) in [5.41, 5.74) is -0.615. The lowest BCUT2D eigenvalue weighted by atomic mass is 9.74. The Bertz CT molecular complexity index is 194. The molecule has 1 rings (SSSR count). The Hall–Kier alpha value is -0.660. The van der Waals surface area contributed by atoms with Crippen molar-refractivity contribution < 1.29 is 9.59 Å². The topological polar surface area (TPSA) is 34.1 Å².